The smallest absolute Gasteiger partial charge is 0.121 e. The van der Waals surface area contributed by atoms with Crippen molar-refractivity contribution in [2.45, 2.75) is 3.79 Å². The number of hydrogen-bond acceptors (Lipinski definition) is 0. The molecule has 1 rings (SSSR count). The van der Waals surface area contributed by atoms with Gasteiger partial charge in [0.15, 0.2) is 0 Å². The van der Waals surface area contributed by atoms with Crippen molar-refractivity contribution in [2.75, 3.05) is 0 Å². The first kappa shape index (κ1) is 13.2. The minimum Gasteiger partial charge on any atom is -0.121 e. The third-order valence-electron chi connectivity index (χ3n) is 1.54. The molecule has 0 nitrogen and oxygen atoms in total. The summed E-state index contributed by atoms with van der Waals surface area (Å²) >= 11 is 34.8. The topological polar surface area (TPSA) is 0 Å². The summed E-state index contributed by atoms with van der Waals surface area (Å²) in [6.07, 6.45) is 0. The van der Waals surface area contributed by atoms with Gasteiger partial charge in [-0.1, -0.05) is 59.1 Å². The monoisotopic (exact) mass is 326 g/mol. The Morgan fingerprint density at radius 3 is 1.79 bits per heavy atom. The Balaban J connectivity index is 3.31. The molecule has 0 aromatic heterocycles. The Hall–Kier alpha value is 1.18. The van der Waals surface area contributed by atoms with Crippen molar-refractivity contribution in [2.24, 2.45) is 0 Å². The lowest BCUT2D eigenvalue weighted by atomic mass is 10.2. The van der Waals surface area contributed by atoms with Crippen LogP contribution in [0.3, 0.4) is 0 Å². The summed E-state index contributed by atoms with van der Waals surface area (Å²) in [6.45, 7) is 0. The van der Waals surface area contributed by atoms with Gasteiger partial charge in [0.25, 0.3) is 0 Å². The highest BCUT2D eigenvalue weighted by Crippen LogP contribution is 2.39. The van der Waals surface area contributed by atoms with Gasteiger partial charge in [0.2, 0.25) is 3.79 Å². The van der Waals surface area contributed by atoms with Crippen LogP contribution in [-0.4, -0.2) is 6.00 Å². The molecule has 0 radical (unpaired) electrons. The Labute approximate surface area is 112 Å². The average molecular weight is 329 g/mol. The molecule has 78 valence electrons. The van der Waals surface area contributed by atoms with E-state index >= 15 is 0 Å². The zero-order valence-electron chi connectivity index (χ0n) is 6.58. The Kier molecular flexibility index (Phi) is 4.33. The Morgan fingerprint density at radius 2 is 1.43 bits per heavy atom. The van der Waals surface area contributed by atoms with Gasteiger partial charge < -0.3 is 0 Å². The highest BCUT2D eigenvalue weighted by Gasteiger charge is 2.36. The maximum Gasteiger partial charge on any atom is 0.373 e. The number of halogens is 6. The fourth-order valence-corrected chi connectivity index (χ4v) is 4.05. The third-order valence-corrected chi connectivity index (χ3v) is 5.03. The maximum absolute atomic E-state index is 5.86. The molecule has 0 atom stereocenters. The van der Waals surface area contributed by atoms with E-state index < -0.39 is 9.80 Å². The van der Waals surface area contributed by atoms with Gasteiger partial charge in [-0.2, -0.15) is 0 Å². The quantitative estimate of drug-likeness (QED) is 0.408. The van der Waals surface area contributed by atoms with Crippen LogP contribution < -0.4 is 5.19 Å². The molecule has 0 spiro atoms. The lowest BCUT2D eigenvalue weighted by Gasteiger charge is -2.19. The van der Waals surface area contributed by atoms with Crippen molar-refractivity contribution in [3.63, 3.8) is 0 Å². The molecular formula is C7H4Cl6Si. The predicted octanol–water partition coefficient (Wildman–Crippen LogP) is 4.38. The van der Waals surface area contributed by atoms with E-state index in [-0.39, 0.29) is 0 Å². The Morgan fingerprint density at radius 1 is 0.929 bits per heavy atom. The second-order valence-corrected chi connectivity index (χ2v) is 13.2. The van der Waals surface area contributed by atoms with E-state index in [0.717, 1.165) is 0 Å². The molecule has 0 bridgehead atoms. The largest absolute Gasteiger partial charge is 0.373 e. The highest BCUT2D eigenvalue weighted by molar-refractivity contribution is 7.69. The lowest BCUT2D eigenvalue weighted by molar-refractivity contribution is 1.26. The molecule has 0 saturated carbocycles. The molecule has 0 amide bonds. The van der Waals surface area contributed by atoms with Crippen molar-refractivity contribution in [3.05, 3.63) is 29.8 Å². The standard InChI is InChI=1S/C7H4Cl6Si/c8-7(9,10)5-3-1-2-4-6(5)14(11,12)13/h1-4H. The summed E-state index contributed by atoms with van der Waals surface area (Å²) in [5.41, 5.74) is 0.427. The van der Waals surface area contributed by atoms with Gasteiger partial charge in [0.1, 0.15) is 0 Å². The van der Waals surface area contributed by atoms with Crippen LogP contribution in [0.4, 0.5) is 0 Å². The molecule has 0 aliphatic heterocycles. The number of hydrogen-bond donors (Lipinski definition) is 0. The summed E-state index contributed by atoms with van der Waals surface area (Å²) in [4.78, 5) is 0. The first-order valence-electron chi connectivity index (χ1n) is 3.46. The van der Waals surface area contributed by atoms with Crippen molar-refractivity contribution < 1.29 is 0 Å². The van der Waals surface area contributed by atoms with E-state index in [1.165, 1.54) is 0 Å². The van der Waals surface area contributed by atoms with Gasteiger partial charge in [-0.3, -0.25) is 0 Å². The van der Waals surface area contributed by atoms with E-state index in [1.54, 1.807) is 24.3 Å². The first-order chi connectivity index (χ1) is 6.23. The first-order valence-corrected chi connectivity index (χ1v) is 9.63. The minimum absolute atomic E-state index is 0.427. The molecule has 0 saturated heterocycles. The molecule has 0 aliphatic carbocycles. The highest BCUT2D eigenvalue weighted by atomic mass is 35.8. The number of benzene rings is 1. The third kappa shape index (κ3) is 3.34. The van der Waals surface area contributed by atoms with Crippen LogP contribution in [-0.2, 0) is 3.79 Å². The summed E-state index contributed by atoms with van der Waals surface area (Å²) < 4.78 is -1.56. The maximum atomic E-state index is 5.86. The van der Waals surface area contributed by atoms with Gasteiger partial charge in [0.05, 0.1) is 0 Å². The summed E-state index contributed by atoms with van der Waals surface area (Å²) in [6, 6.07) is 3.74. The molecule has 14 heavy (non-hydrogen) atoms. The molecule has 7 heteroatoms. The van der Waals surface area contributed by atoms with E-state index in [2.05, 4.69) is 0 Å². The molecule has 1 aromatic carbocycles. The second-order valence-electron chi connectivity index (χ2n) is 2.54. The number of rotatable bonds is 1. The van der Waals surface area contributed by atoms with Crippen LogP contribution in [0.1, 0.15) is 5.56 Å². The summed E-state index contributed by atoms with van der Waals surface area (Å²) in [5, 5.41) is 0.505. The molecule has 0 fully saturated rings. The summed E-state index contributed by atoms with van der Waals surface area (Å²) in [7, 11) is 0. The molecule has 1 aromatic rings. The zero-order valence-corrected chi connectivity index (χ0v) is 12.1. The van der Waals surface area contributed by atoms with E-state index in [9.17, 15) is 0 Å². The van der Waals surface area contributed by atoms with Crippen LogP contribution in [0.25, 0.3) is 0 Å². The van der Waals surface area contributed by atoms with Gasteiger partial charge in [-0.05, 0) is 5.19 Å². The predicted molar refractivity (Wildman–Crippen MR) is 68.6 cm³/mol. The molecular weight excluding hydrogens is 325 g/mol. The van der Waals surface area contributed by atoms with Crippen LogP contribution in [0.2, 0.25) is 0 Å². The van der Waals surface area contributed by atoms with Crippen molar-refractivity contribution in [1.82, 2.24) is 0 Å². The van der Waals surface area contributed by atoms with Crippen molar-refractivity contribution >= 4 is 79.2 Å². The van der Waals surface area contributed by atoms with Crippen LogP contribution in [0.5, 0.6) is 0 Å². The lowest BCUT2D eigenvalue weighted by Crippen LogP contribution is -2.35. The second kappa shape index (κ2) is 4.58. The normalized spacial score (nSPS) is 13.0. The average Bonchev–Trinajstić information content (AvgIpc) is 2.01. The fourth-order valence-electron chi connectivity index (χ4n) is 0.978. The Bertz CT molecular complexity index is 293. The molecule has 0 unspecified atom stereocenters. The van der Waals surface area contributed by atoms with Gasteiger partial charge >= 0.3 is 6.00 Å². The summed E-state index contributed by atoms with van der Waals surface area (Å²) in [5.74, 6) is 0. The SMILES string of the molecule is ClC(Cl)(Cl)c1ccccc1[Si](Cl)(Cl)Cl. The van der Waals surface area contributed by atoms with E-state index in [0.29, 0.717) is 10.8 Å². The molecule has 0 N–H and O–H groups in total. The molecule has 0 heterocycles. The van der Waals surface area contributed by atoms with Gasteiger partial charge in [-0.15, -0.1) is 33.2 Å². The van der Waals surface area contributed by atoms with Crippen LogP contribution >= 0.6 is 68.0 Å². The van der Waals surface area contributed by atoms with E-state index in [4.69, 9.17) is 68.0 Å². The van der Waals surface area contributed by atoms with Gasteiger partial charge in [0, 0.05) is 5.56 Å². The minimum atomic E-state index is -3.02. The van der Waals surface area contributed by atoms with Crippen molar-refractivity contribution in [3.8, 4) is 0 Å². The zero-order chi connectivity index (χ0) is 11.0. The molecule has 0 aliphatic rings. The van der Waals surface area contributed by atoms with E-state index in [1.807, 2.05) is 0 Å². The van der Waals surface area contributed by atoms with Crippen molar-refractivity contribution in [1.29, 1.82) is 0 Å². The number of alkyl halides is 3. The van der Waals surface area contributed by atoms with Crippen LogP contribution in [0, 0.1) is 0 Å². The fraction of sp³-hybridized carbons (Fsp3) is 0.143. The van der Waals surface area contributed by atoms with Crippen LogP contribution in [0.15, 0.2) is 24.3 Å². The van der Waals surface area contributed by atoms with Gasteiger partial charge in [-0.25, -0.2) is 0 Å².